The molecule has 1 N–H and O–H groups in total. The highest BCUT2D eigenvalue weighted by Gasteiger charge is 2.45. The lowest BCUT2D eigenvalue weighted by atomic mass is 10.0. The second-order valence-electron chi connectivity index (χ2n) is 4.70. The molecule has 2 nitrogen and oxygen atoms in total. The molecular formula is C14H20Cl2N2. The summed E-state index contributed by atoms with van der Waals surface area (Å²) in [5.74, 6) is 0. The van der Waals surface area contributed by atoms with Crippen molar-refractivity contribution >= 4 is 23.2 Å². The first kappa shape index (κ1) is 14.1. The molecule has 2 rings (SSSR count). The Hall–Kier alpha value is -0.280. The molecule has 0 aromatic heterocycles. The molecule has 0 bridgehead atoms. The van der Waals surface area contributed by atoms with Crippen LogP contribution in [0.25, 0.3) is 0 Å². The fourth-order valence-corrected chi connectivity index (χ4v) is 3.15. The third-order valence-corrected chi connectivity index (χ3v) is 4.72. The summed E-state index contributed by atoms with van der Waals surface area (Å²) >= 11 is 13.3. The van der Waals surface area contributed by atoms with Crippen LogP contribution in [0.1, 0.15) is 25.3 Å². The van der Waals surface area contributed by atoms with Gasteiger partial charge in [-0.05, 0) is 12.0 Å². The molecule has 1 fully saturated rings. The summed E-state index contributed by atoms with van der Waals surface area (Å²) in [6.07, 6.45) is 2.31. The van der Waals surface area contributed by atoms with Crippen LogP contribution >= 0.6 is 23.2 Å². The van der Waals surface area contributed by atoms with Gasteiger partial charge in [-0.3, -0.25) is 10.2 Å². The Morgan fingerprint density at radius 2 is 2.11 bits per heavy atom. The lowest BCUT2D eigenvalue weighted by Crippen LogP contribution is -2.60. The molecule has 2 atom stereocenters. The van der Waals surface area contributed by atoms with Gasteiger partial charge in [-0.2, -0.15) is 0 Å². The molecular weight excluding hydrogens is 267 g/mol. The Labute approximate surface area is 119 Å². The SMILES string of the molecule is CCCCN1CCNC(Cl)C1(Cl)c1ccccc1. The van der Waals surface area contributed by atoms with Crippen LogP contribution in [0.2, 0.25) is 0 Å². The second-order valence-corrected chi connectivity index (χ2v) is 5.71. The van der Waals surface area contributed by atoms with Crippen LogP contribution in [0.4, 0.5) is 0 Å². The van der Waals surface area contributed by atoms with Crippen molar-refractivity contribution in [3.8, 4) is 0 Å². The predicted octanol–water partition coefficient (Wildman–Crippen LogP) is 3.35. The summed E-state index contributed by atoms with van der Waals surface area (Å²) in [6, 6.07) is 10.1. The minimum Gasteiger partial charge on any atom is -0.297 e. The number of nitrogens with zero attached hydrogens (tertiary/aromatic N) is 1. The fourth-order valence-electron chi connectivity index (χ4n) is 2.41. The Bertz CT molecular complexity index is 371. The lowest BCUT2D eigenvalue weighted by molar-refractivity contribution is 0.111. The molecule has 4 heteroatoms. The molecule has 100 valence electrons. The van der Waals surface area contributed by atoms with Gasteiger partial charge in [-0.1, -0.05) is 55.3 Å². The zero-order valence-corrected chi connectivity index (χ0v) is 12.2. The monoisotopic (exact) mass is 286 g/mol. The van der Waals surface area contributed by atoms with Crippen molar-refractivity contribution in [3.05, 3.63) is 35.9 Å². The minimum atomic E-state index is -0.643. The molecule has 0 saturated carbocycles. The highest BCUT2D eigenvalue weighted by molar-refractivity contribution is 6.32. The maximum absolute atomic E-state index is 6.88. The summed E-state index contributed by atoms with van der Waals surface area (Å²) in [7, 11) is 0. The maximum atomic E-state index is 6.88. The minimum absolute atomic E-state index is 0.271. The van der Waals surface area contributed by atoms with Crippen LogP contribution in [-0.2, 0) is 5.00 Å². The zero-order valence-electron chi connectivity index (χ0n) is 10.7. The predicted molar refractivity (Wildman–Crippen MR) is 78.1 cm³/mol. The first-order valence-corrected chi connectivity index (χ1v) is 7.38. The van der Waals surface area contributed by atoms with Crippen molar-refractivity contribution in [1.29, 1.82) is 0 Å². The lowest BCUT2D eigenvalue weighted by Gasteiger charge is -2.46. The third kappa shape index (κ3) is 2.67. The number of nitrogens with one attached hydrogen (secondary N) is 1. The van der Waals surface area contributed by atoms with Gasteiger partial charge >= 0.3 is 0 Å². The van der Waals surface area contributed by atoms with Crippen molar-refractivity contribution in [3.63, 3.8) is 0 Å². The van der Waals surface area contributed by atoms with E-state index in [1.54, 1.807) is 0 Å². The Balaban J connectivity index is 2.28. The topological polar surface area (TPSA) is 15.3 Å². The van der Waals surface area contributed by atoms with E-state index in [-0.39, 0.29) is 5.50 Å². The summed E-state index contributed by atoms with van der Waals surface area (Å²) in [5, 5.41) is 3.27. The van der Waals surface area contributed by atoms with E-state index in [2.05, 4.69) is 17.1 Å². The van der Waals surface area contributed by atoms with Gasteiger partial charge in [0.2, 0.25) is 0 Å². The highest BCUT2D eigenvalue weighted by Crippen LogP contribution is 2.40. The van der Waals surface area contributed by atoms with Crippen molar-refractivity contribution in [2.75, 3.05) is 19.6 Å². The van der Waals surface area contributed by atoms with Gasteiger partial charge < -0.3 is 0 Å². The van der Waals surface area contributed by atoms with Crippen LogP contribution < -0.4 is 5.32 Å². The van der Waals surface area contributed by atoms with Gasteiger partial charge in [-0.15, -0.1) is 11.6 Å². The molecule has 1 heterocycles. The van der Waals surface area contributed by atoms with Crippen LogP contribution in [0.5, 0.6) is 0 Å². The molecule has 1 aliphatic heterocycles. The number of hydrogen-bond acceptors (Lipinski definition) is 2. The van der Waals surface area contributed by atoms with E-state index in [4.69, 9.17) is 23.2 Å². The van der Waals surface area contributed by atoms with Crippen LogP contribution in [-0.4, -0.2) is 30.0 Å². The van der Waals surface area contributed by atoms with Gasteiger partial charge in [0.15, 0.2) is 5.00 Å². The quantitative estimate of drug-likeness (QED) is 0.675. The summed E-state index contributed by atoms with van der Waals surface area (Å²) in [4.78, 5) is 1.65. The number of halogens is 2. The molecule has 1 saturated heterocycles. The number of piperazine rings is 1. The summed E-state index contributed by atoms with van der Waals surface area (Å²) in [5.41, 5.74) is 0.794. The van der Waals surface area contributed by atoms with Gasteiger partial charge in [0.1, 0.15) is 5.50 Å². The molecule has 0 aliphatic carbocycles. The van der Waals surface area contributed by atoms with Crippen LogP contribution in [0.3, 0.4) is 0 Å². The average Bonchev–Trinajstić information content (AvgIpc) is 2.41. The first-order valence-electron chi connectivity index (χ1n) is 6.56. The zero-order chi connectivity index (χ0) is 13.0. The van der Waals surface area contributed by atoms with E-state index < -0.39 is 5.00 Å². The smallest absolute Gasteiger partial charge is 0.151 e. The normalized spacial score (nSPS) is 29.4. The van der Waals surface area contributed by atoms with Crippen molar-refractivity contribution < 1.29 is 0 Å². The van der Waals surface area contributed by atoms with E-state index in [0.29, 0.717) is 0 Å². The van der Waals surface area contributed by atoms with E-state index in [1.165, 1.54) is 6.42 Å². The molecule has 1 aliphatic rings. The third-order valence-electron chi connectivity index (χ3n) is 3.46. The van der Waals surface area contributed by atoms with Gasteiger partial charge in [0.05, 0.1) is 0 Å². The highest BCUT2D eigenvalue weighted by atomic mass is 35.5. The van der Waals surface area contributed by atoms with Gasteiger partial charge in [-0.25, -0.2) is 0 Å². The molecule has 0 amide bonds. The van der Waals surface area contributed by atoms with E-state index in [9.17, 15) is 0 Å². The van der Waals surface area contributed by atoms with Gasteiger partial charge in [0, 0.05) is 19.6 Å². The average molecular weight is 287 g/mol. The van der Waals surface area contributed by atoms with Crippen molar-refractivity contribution in [1.82, 2.24) is 10.2 Å². The number of alkyl halides is 2. The largest absolute Gasteiger partial charge is 0.297 e. The Kier molecular flexibility index (Phi) is 4.91. The Morgan fingerprint density at radius 3 is 2.78 bits per heavy atom. The molecule has 0 spiro atoms. The second kappa shape index (κ2) is 6.25. The van der Waals surface area contributed by atoms with Crippen LogP contribution in [0.15, 0.2) is 30.3 Å². The Morgan fingerprint density at radius 1 is 1.39 bits per heavy atom. The molecule has 1 aromatic rings. The number of rotatable bonds is 4. The maximum Gasteiger partial charge on any atom is 0.151 e. The molecule has 18 heavy (non-hydrogen) atoms. The van der Waals surface area contributed by atoms with E-state index in [0.717, 1.165) is 31.6 Å². The first-order chi connectivity index (χ1) is 8.69. The van der Waals surface area contributed by atoms with Crippen molar-refractivity contribution in [2.24, 2.45) is 0 Å². The molecule has 0 radical (unpaired) electrons. The standard InChI is InChI=1S/C14H20Cl2N2/c1-2-3-10-18-11-9-17-13(15)14(18,16)12-7-5-4-6-8-12/h4-8,13,17H,2-3,9-11H2,1H3. The van der Waals surface area contributed by atoms with E-state index in [1.807, 2.05) is 30.3 Å². The molecule has 2 unspecified atom stereocenters. The number of benzene rings is 1. The summed E-state index contributed by atoms with van der Waals surface area (Å²) in [6.45, 7) is 5.00. The molecule has 1 aromatic carbocycles. The van der Waals surface area contributed by atoms with Crippen molar-refractivity contribution in [2.45, 2.75) is 30.3 Å². The summed E-state index contributed by atoms with van der Waals surface area (Å²) < 4.78 is 0. The van der Waals surface area contributed by atoms with Gasteiger partial charge in [0.25, 0.3) is 0 Å². The number of hydrogen-bond donors (Lipinski definition) is 1. The van der Waals surface area contributed by atoms with Crippen LogP contribution in [0, 0.1) is 0 Å². The number of unbranched alkanes of at least 4 members (excludes halogenated alkanes) is 1. The van der Waals surface area contributed by atoms with E-state index >= 15 is 0 Å². The fraction of sp³-hybridized carbons (Fsp3) is 0.571.